The second kappa shape index (κ2) is 8.24. The van der Waals surface area contributed by atoms with Gasteiger partial charge in [0.05, 0.1) is 18.9 Å². The van der Waals surface area contributed by atoms with Gasteiger partial charge < -0.3 is 15.4 Å². The van der Waals surface area contributed by atoms with Crippen LogP contribution in [0, 0.1) is 0 Å². The SMILES string of the molecule is Brc1ccccc1Nc1ccnc(NCCN2CCOCC2)n1. The second-order valence-corrected chi connectivity index (χ2v) is 6.11. The molecule has 1 fully saturated rings. The van der Waals surface area contributed by atoms with Crippen molar-refractivity contribution in [2.45, 2.75) is 0 Å². The lowest BCUT2D eigenvalue weighted by Gasteiger charge is -2.26. The van der Waals surface area contributed by atoms with Crippen molar-refractivity contribution >= 4 is 33.4 Å². The number of hydrogen-bond acceptors (Lipinski definition) is 6. The van der Waals surface area contributed by atoms with E-state index >= 15 is 0 Å². The van der Waals surface area contributed by atoms with Gasteiger partial charge in [0.2, 0.25) is 5.95 Å². The average Bonchev–Trinajstić information content (AvgIpc) is 2.58. The van der Waals surface area contributed by atoms with Gasteiger partial charge >= 0.3 is 0 Å². The molecule has 1 saturated heterocycles. The van der Waals surface area contributed by atoms with E-state index in [0.29, 0.717) is 5.95 Å². The van der Waals surface area contributed by atoms with E-state index in [1.807, 2.05) is 30.3 Å². The Bertz CT molecular complexity index is 633. The largest absolute Gasteiger partial charge is 0.379 e. The maximum atomic E-state index is 5.35. The first kappa shape index (κ1) is 16.2. The van der Waals surface area contributed by atoms with E-state index in [4.69, 9.17) is 4.74 Å². The molecular weight excluding hydrogens is 358 g/mol. The summed E-state index contributed by atoms with van der Waals surface area (Å²) in [6.07, 6.45) is 1.75. The number of rotatable bonds is 6. The van der Waals surface area contributed by atoms with Crippen LogP contribution in [0.5, 0.6) is 0 Å². The molecule has 0 radical (unpaired) electrons. The van der Waals surface area contributed by atoms with Gasteiger partial charge in [-0.1, -0.05) is 12.1 Å². The summed E-state index contributed by atoms with van der Waals surface area (Å²) in [7, 11) is 0. The molecule has 1 aliphatic heterocycles. The molecule has 3 rings (SSSR count). The summed E-state index contributed by atoms with van der Waals surface area (Å²) in [5.74, 6) is 1.40. The van der Waals surface area contributed by atoms with Gasteiger partial charge in [0.15, 0.2) is 0 Å². The fourth-order valence-corrected chi connectivity index (χ4v) is 2.75. The lowest BCUT2D eigenvalue weighted by molar-refractivity contribution is 0.0398. The number of halogens is 1. The molecule has 6 nitrogen and oxygen atoms in total. The van der Waals surface area contributed by atoms with Crippen molar-refractivity contribution in [1.82, 2.24) is 14.9 Å². The van der Waals surface area contributed by atoms with Crippen molar-refractivity contribution in [1.29, 1.82) is 0 Å². The van der Waals surface area contributed by atoms with E-state index in [-0.39, 0.29) is 0 Å². The van der Waals surface area contributed by atoms with E-state index in [1.165, 1.54) is 0 Å². The normalized spacial score (nSPS) is 15.3. The van der Waals surface area contributed by atoms with Crippen LogP contribution in [0.15, 0.2) is 41.0 Å². The Kier molecular flexibility index (Phi) is 5.79. The monoisotopic (exact) mass is 377 g/mol. The first-order valence-electron chi connectivity index (χ1n) is 7.70. The highest BCUT2D eigenvalue weighted by Crippen LogP contribution is 2.24. The predicted octanol–water partition coefficient (Wildman–Crippen LogP) is 2.73. The van der Waals surface area contributed by atoms with Gasteiger partial charge in [-0.25, -0.2) is 4.98 Å². The highest BCUT2D eigenvalue weighted by Gasteiger charge is 2.09. The summed E-state index contributed by atoms with van der Waals surface area (Å²) in [6.45, 7) is 5.41. The molecule has 0 atom stereocenters. The molecule has 2 heterocycles. The zero-order chi connectivity index (χ0) is 15.9. The van der Waals surface area contributed by atoms with Crippen molar-refractivity contribution in [3.63, 3.8) is 0 Å². The minimum Gasteiger partial charge on any atom is -0.379 e. The Morgan fingerprint density at radius 1 is 1.17 bits per heavy atom. The number of morpholine rings is 1. The van der Waals surface area contributed by atoms with Crippen molar-refractivity contribution in [3.8, 4) is 0 Å². The van der Waals surface area contributed by atoms with Gasteiger partial charge in [0.25, 0.3) is 0 Å². The molecule has 0 unspecified atom stereocenters. The Hall–Kier alpha value is -1.70. The third kappa shape index (κ3) is 4.89. The smallest absolute Gasteiger partial charge is 0.224 e. The number of nitrogens with one attached hydrogen (secondary N) is 2. The molecule has 1 aromatic heterocycles. The van der Waals surface area contributed by atoms with Crippen molar-refractivity contribution in [3.05, 3.63) is 41.0 Å². The summed E-state index contributed by atoms with van der Waals surface area (Å²) >= 11 is 3.52. The third-order valence-electron chi connectivity index (χ3n) is 3.61. The van der Waals surface area contributed by atoms with E-state index in [2.05, 4.69) is 41.4 Å². The molecule has 23 heavy (non-hydrogen) atoms. The Labute approximate surface area is 144 Å². The van der Waals surface area contributed by atoms with Crippen molar-refractivity contribution in [2.24, 2.45) is 0 Å². The van der Waals surface area contributed by atoms with Crippen molar-refractivity contribution in [2.75, 3.05) is 50.0 Å². The maximum absolute atomic E-state index is 5.35. The van der Waals surface area contributed by atoms with E-state index in [9.17, 15) is 0 Å². The second-order valence-electron chi connectivity index (χ2n) is 5.25. The van der Waals surface area contributed by atoms with Gasteiger partial charge in [-0.15, -0.1) is 0 Å². The zero-order valence-electron chi connectivity index (χ0n) is 12.8. The highest BCUT2D eigenvalue weighted by molar-refractivity contribution is 9.10. The Morgan fingerprint density at radius 3 is 2.83 bits per heavy atom. The van der Waals surface area contributed by atoms with Gasteiger partial charge in [-0.05, 0) is 34.1 Å². The fourth-order valence-electron chi connectivity index (χ4n) is 2.36. The molecule has 1 aliphatic rings. The highest BCUT2D eigenvalue weighted by atomic mass is 79.9. The van der Waals surface area contributed by atoms with E-state index in [1.54, 1.807) is 6.20 Å². The quantitative estimate of drug-likeness (QED) is 0.806. The minimum absolute atomic E-state index is 0.635. The number of hydrogen-bond donors (Lipinski definition) is 2. The standard InChI is InChI=1S/C16H20BrN5O/c17-13-3-1-2-4-14(13)20-15-5-6-18-16(21-15)19-7-8-22-9-11-23-12-10-22/h1-6H,7-12H2,(H2,18,19,20,21). The number of para-hydroxylation sites is 1. The molecule has 0 bridgehead atoms. The molecule has 0 spiro atoms. The Balaban J connectivity index is 1.53. The summed E-state index contributed by atoms with van der Waals surface area (Å²) in [6, 6.07) is 9.80. The Morgan fingerprint density at radius 2 is 2.00 bits per heavy atom. The first-order chi connectivity index (χ1) is 11.3. The number of benzene rings is 1. The summed E-state index contributed by atoms with van der Waals surface area (Å²) < 4.78 is 6.35. The summed E-state index contributed by atoms with van der Waals surface area (Å²) in [4.78, 5) is 11.1. The zero-order valence-corrected chi connectivity index (χ0v) is 14.4. The topological polar surface area (TPSA) is 62.3 Å². The molecule has 0 amide bonds. The maximum Gasteiger partial charge on any atom is 0.224 e. The number of aromatic nitrogens is 2. The van der Waals surface area contributed by atoms with Gasteiger partial charge in [-0.2, -0.15) is 4.98 Å². The van der Waals surface area contributed by atoms with Crippen LogP contribution in [-0.4, -0.2) is 54.3 Å². The summed E-state index contributed by atoms with van der Waals surface area (Å²) in [5.41, 5.74) is 0.977. The molecular formula is C16H20BrN5O. The van der Waals surface area contributed by atoms with Crippen LogP contribution >= 0.6 is 15.9 Å². The van der Waals surface area contributed by atoms with Gasteiger partial charge in [-0.3, -0.25) is 4.90 Å². The molecule has 2 aromatic rings. The molecule has 2 N–H and O–H groups in total. The van der Waals surface area contributed by atoms with Gasteiger partial charge in [0, 0.05) is 36.8 Å². The lowest BCUT2D eigenvalue weighted by Crippen LogP contribution is -2.39. The molecule has 1 aromatic carbocycles. The summed E-state index contributed by atoms with van der Waals surface area (Å²) in [5, 5.41) is 6.56. The van der Waals surface area contributed by atoms with Crippen LogP contribution in [0.4, 0.5) is 17.5 Å². The predicted molar refractivity (Wildman–Crippen MR) is 95.2 cm³/mol. The van der Waals surface area contributed by atoms with Crippen LogP contribution in [-0.2, 0) is 4.74 Å². The fraction of sp³-hybridized carbons (Fsp3) is 0.375. The third-order valence-corrected chi connectivity index (χ3v) is 4.30. The van der Waals surface area contributed by atoms with Gasteiger partial charge in [0.1, 0.15) is 5.82 Å². The van der Waals surface area contributed by atoms with Crippen LogP contribution in [0.25, 0.3) is 0 Å². The first-order valence-corrected chi connectivity index (χ1v) is 8.49. The number of ether oxygens (including phenoxy) is 1. The lowest BCUT2D eigenvalue weighted by atomic mass is 10.3. The molecule has 0 aliphatic carbocycles. The van der Waals surface area contributed by atoms with E-state index in [0.717, 1.165) is 55.4 Å². The van der Waals surface area contributed by atoms with Crippen LogP contribution in [0.1, 0.15) is 0 Å². The van der Waals surface area contributed by atoms with Crippen LogP contribution in [0.2, 0.25) is 0 Å². The number of nitrogens with zero attached hydrogens (tertiary/aromatic N) is 3. The average molecular weight is 378 g/mol. The van der Waals surface area contributed by atoms with E-state index < -0.39 is 0 Å². The minimum atomic E-state index is 0.635. The molecule has 0 saturated carbocycles. The van der Waals surface area contributed by atoms with Crippen LogP contribution in [0.3, 0.4) is 0 Å². The molecule has 122 valence electrons. The number of anilines is 3. The van der Waals surface area contributed by atoms with Crippen molar-refractivity contribution < 1.29 is 4.74 Å². The molecule has 7 heteroatoms. The van der Waals surface area contributed by atoms with Crippen LogP contribution < -0.4 is 10.6 Å².